The van der Waals surface area contributed by atoms with E-state index < -0.39 is 18.1 Å². The van der Waals surface area contributed by atoms with Crippen molar-refractivity contribution in [2.75, 3.05) is 11.9 Å². The molecule has 4 atom stereocenters. The molecule has 34 heavy (non-hydrogen) atoms. The van der Waals surface area contributed by atoms with Gasteiger partial charge in [0, 0.05) is 6.42 Å². The number of benzene rings is 2. The summed E-state index contributed by atoms with van der Waals surface area (Å²) in [4.78, 5) is 41.6. The molecule has 1 unspecified atom stereocenters. The van der Waals surface area contributed by atoms with Crippen LogP contribution in [-0.2, 0) is 33.6 Å². The molecule has 0 saturated heterocycles. The highest BCUT2D eigenvalue weighted by Crippen LogP contribution is 2.39. The molecule has 178 valence electrons. The van der Waals surface area contributed by atoms with E-state index in [9.17, 15) is 14.4 Å². The number of para-hydroxylation sites is 1. The average molecular weight is 461 g/mol. The molecule has 3 N–H and O–H groups in total. The van der Waals surface area contributed by atoms with Crippen molar-refractivity contribution in [1.82, 2.24) is 16.0 Å². The molecule has 2 aromatic rings. The van der Waals surface area contributed by atoms with Gasteiger partial charge in [0.2, 0.25) is 17.7 Å². The molecule has 3 amide bonds. The molecular formula is C27H32N4O3. The first-order chi connectivity index (χ1) is 16.5. The third-order valence-electron chi connectivity index (χ3n) is 7.54. The second kappa shape index (κ2) is 9.22. The van der Waals surface area contributed by atoms with Crippen LogP contribution in [0.3, 0.4) is 0 Å². The number of anilines is 1. The first-order valence-electron chi connectivity index (χ1n) is 12.3. The summed E-state index contributed by atoms with van der Waals surface area (Å²) in [6.07, 6.45) is 4.62. The first-order valence-corrected chi connectivity index (χ1v) is 12.3. The Balaban J connectivity index is 1.42. The topological polar surface area (TPSA) is 90.5 Å². The molecule has 0 spiro atoms. The number of aryl methyl sites for hydroxylation is 2. The van der Waals surface area contributed by atoms with Crippen molar-refractivity contribution < 1.29 is 14.4 Å². The van der Waals surface area contributed by atoms with E-state index in [1.54, 1.807) is 18.9 Å². The molecule has 2 aliphatic heterocycles. The number of carbonyl (C=O) groups excluding carboxylic acids is 3. The molecule has 7 heteroatoms. The highest BCUT2D eigenvalue weighted by atomic mass is 16.2. The van der Waals surface area contributed by atoms with Crippen LogP contribution in [0.25, 0.3) is 0 Å². The summed E-state index contributed by atoms with van der Waals surface area (Å²) in [5, 5.41) is 9.08. The van der Waals surface area contributed by atoms with Gasteiger partial charge < -0.3 is 16.0 Å². The molecule has 0 bridgehead atoms. The summed E-state index contributed by atoms with van der Waals surface area (Å²) in [6, 6.07) is 12.6. The van der Waals surface area contributed by atoms with Crippen molar-refractivity contribution in [3.8, 4) is 0 Å². The summed E-state index contributed by atoms with van der Waals surface area (Å²) in [5.74, 6) is -0.552. The normalized spacial score (nSPS) is 24.0. The van der Waals surface area contributed by atoms with E-state index in [4.69, 9.17) is 0 Å². The number of carbonyl (C=O) groups is 3. The Morgan fingerprint density at radius 2 is 1.71 bits per heavy atom. The highest BCUT2D eigenvalue weighted by Gasteiger charge is 2.44. The number of amides is 3. The summed E-state index contributed by atoms with van der Waals surface area (Å²) >= 11 is 0. The van der Waals surface area contributed by atoms with Crippen molar-refractivity contribution in [2.45, 2.75) is 69.6 Å². The predicted octanol–water partition coefficient (Wildman–Crippen LogP) is 2.18. The lowest BCUT2D eigenvalue weighted by atomic mass is 9.87. The van der Waals surface area contributed by atoms with Gasteiger partial charge in [0.25, 0.3) is 0 Å². The van der Waals surface area contributed by atoms with Gasteiger partial charge in [0.05, 0.1) is 17.8 Å². The lowest BCUT2D eigenvalue weighted by Crippen LogP contribution is -2.56. The number of hydrogen-bond acceptors (Lipinski definition) is 4. The first kappa shape index (κ1) is 22.6. The van der Waals surface area contributed by atoms with Crippen LogP contribution in [-0.4, -0.2) is 42.9 Å². The van der Waals surface area contributed by atoms with Gasteiger partial charge >= 0.3 is 0 Å². The number of likely N-dealkylation sites (N-methyl/N-ethyl adjacent to an activating group) is 1. The SMILES string of the molecule is CNC(C)C(=O)N[C@H]1CCc2cccc3c2N(C1=O)[C@H](C(=O)N[C@@H]1CCCc2ccccc21)C3. The Morgan fingerprint density at radius 3 is 2.53 bits per heavy atom. The van der Waals surface area contributed by atoms with Gasteiger partial charge in [-0.25, -0.2) is 0 Å². The lowest BCUT2D eigenvalue weighted by Gasteiger charge is -2.31. The molecule has 0 radical (unpaired) electrons. The number of rotatable bonds is 5. The minimum Gasteiger partial charge on any atom is -0.347 e. The zero-order valence-corrected chi connectivity index (χ0v) is 19.8. The van der Waals surface area contributed by atoms with Crippen molar-refractivity contribution in [3.05, 3.63) is 64.7 Å². The third kappa shape index (κ3) is 3.98. The van der Waals surface area contributed by atoms with Gasteiger partial charge in [-0.05, 0) is 68.3 Å². The van der Waals surface area contributed by atoms with Gasteiger partial charge in [0.1, 0.15) is 12.1 Å². The van der Waals surface area contributed by atoms with Gasteiger partial charge in [-0.15, -0.1) is 0 Å². The molecule has 3 aliphatic rings. The maximum atomic E-state index is 13.7. The monoisotopic (exact) mass is 460 g/mol. The summed E-state index contributed by atoms with van der Waals surface area (Å²) in [6.45, 7) is 1.76. The van der Waals surface area contributed by atoms with E-state index in [-0.39, 0.29) is 23.8 Å². The molecule has 5 rings (SSSR count). The van der Waals surface area contributed by atoms with Gasteiger partial charge in [-0.3, -0.25) is 19.3 Å². The average Bonchev–Trinajstić information content (AvgIpc) is 3.19. The van der Waals surface area contributed by atoms with Crippen LogP contribution in [0, 0.1) is 0 Å². The van der Waals surface area contributed by atoms with Crippen LogP contribution in [0.2, 0.25) is 0 Å². The Labute approximate surface area is 200 Å². The number of nitrogens with one attached hydrogen (secondary N) is 3. The van der Waals surface area contributed by atoms with E-state index in [2.05, 4.69) is 28.1 Å². The Bertz CT molecular complexity index is 1130. The van der Waals surface area contributed by atoms with Crippen LogP contribution < -0.4 is 20.9 Å². The van der Waals surface area contributed by atoms with Crippen LogP contribution in [0.1, 0.15) is 54.5 Å². The Hall–Kier alpha value is -3.19. The molecule has 7 nitrogen and oxygen atoms in total. The number of fused-ring (bicyclic) bond motifs is 1. The third-order valence-corrected chi connectivity index (χ3v) is 7.54. The predicted molar refractivity (Wildman–Crippen MR) is 130 cm³/mol. The highest BCUT2D eigenvalue weighted by molar-refractivity contribution is 6.08. The van der Waals surface area contributed by atoms with Crippen molar-refractivity contribution >= 4 is 23.4 Å². The van der Waals surface area contributed by atoms with Crippen molar-refractivity contribution in [3.63, 3.8) is 0 Å². The quantitative estimate of drug-likeness (QED) is 0.638. The lowest BCUT2D eigenvalue weighted by molar-refractivity contribution is -0.130. The summed E-state index contributed by atoms with van der Waals surface area (Å²) < 4.78 is 0. The number of hydrogen-bond donors (Lipinski definition) is 3. The van der Waals surface area contributed by atoms with E-state index in [0.29, 0.717) is 19.3 Å². The van der Waals surface area contributed by atoms with Gasteiger partial charge in [-0.1, -0.05) is 42.5 Å². The molecule has 0 aromatic heterocycles. The molecule has 0 saturated carbocycles. The van der Waals surface area contributed by atoms with Crippen LogP contribution >= 0.6 is 0 Å². The fraction of sp³-hybridized carbons (Fsp3) is 0.444. The Kier molecular flexibility index (Phi) is 6.13. The van der Waals surface area contributed by atoms with Crippen molar-refractivity contribution in [1.29, 1.82) is 0 Å². The second-order valence-corrected chi connectivity index (χ2v) is 9.62. The minimum absolute atomic E-state index is 0.0466. The van der Waals surface area contributed by atoms with Crippen molar-refractivity contribution in [2.24, 2.45) is 0 Å². The molecule has 1 aliphatic carbocycles. The number of nitrogens with zero attached hydrogens (tertiary/aromatic N) is 1. The summed E-state index contributed by atoms with van der Waals surface area (Å²) in [5.41, 5.74) is 5.39. The van der Waals surface area contributed by atoms with Crippen LogP contribution in [0.15, 0.2) is 42.5 Å². The van der Waals surface area contributed by atoms with E-state index in [1.165, 1.54) is 11.1 Å². The maximum Gasteiger partial charge on any atom is 0.250 e. The minimum atomic E-state index is -0.660. The van der Waals surface area contributed by atoms with Gasteiger partial charge in [0.15, 0.2) is 0 Å². The summed E-state index contributed by atoms with van der Waals surface area (Å²) in [7, 11) is 1.71. The van der Waals surface area contributed by atoms with Crippen LogP contribution in [0.5, 0.6) is 0 Å². The van der Waals surface area contributed by atoms with Crippen LogP contribution in [0.4, 0.5) is 5.69 Å². The molecule has 2 aromatic carbocycles. The molecule has 0 fully saturated rings. The Morgan fingerprint density at radius 1 is 0.941 bits per heavy atom. The molecule has 2 heterocycles. The zero-order chi connectivity index (χ0) is 23.8. The maximum absolute atomic E-state index is 13.7. The molecular weight excluding hydrogens is 428 g/mol. The van der Waals surface area contributed by atoms with Gasteiger partial charge in [-0.2, -0.15) is 0 Å². The largest absolute Gasteiger partial charge is 0.347 e. The standard InChI is InChI=1S/C27H32N4O3/c1-16(28-2)25(32)30-22-14-13-18-9-5-10-19-15-23(31(24(18)19)27(22)34)26(33)29-21-12-6-8-17-7-3-4-11-20(17)21/h3-5,7,9-11,16,21-23,28H,6,8,12-15H2,1-2H3,(H,29,33)(H,30,32)/t16?,21-,22+,23+/m1/s1. The van der Waals surface area contributed by atoms with E-state index >= 15 is 0 Å². The van der Waals surface area contributed by atoms with E-state index in [1.807, 2.05) is 30.3 Å². The fourth-order valence-electron chi connectivity index (χ4n) is 5.57. The smallest absolute Gasteiger partial charge is 0.250 e. The fourth-order valence-corrected chi connectivity index (χ4v) is 5.57. The zero-order valence-electron chi connectivity index (χ0n) is 19.8. The second-order valence-electron chi connectivity index (χ2n) is 9.62. The van der Waals surface area contributed by atoms with E-state index in [0.717, 1.165) is 36.1 Å².